The highest BCUT2D eigenvalue weighted by molar-refractivity contribution is 9.10. The Kier molecular flexibility index (Phi) is 8.20. The first kappa shape index (κ1) is 18.0. The van der Waals surface area contributed by atoms with E-state index in [-0.39, 0.29) is 0 Å². The number of hydrogen-bond acceptors (Lipinski definition) is 1. The van der Waals surface area contributed by atoms with Gasteiger partial charge in [0, 0.05) is 28.6 Å². The number of nitrogens with zero attached hydrogens (tertiary/aromatic N) is 1. The fourth-order valence-corrected chi connectivity index (χ4v) is 3.01. The van der Waals surface area contributed by atoms with Gasteiger partial charge >= 0.3 is 0 Å². The first-order chi connectivity index (χ1) is 9.43. The van der Waals surface area contributed by atoms with Gasteiger partial charge in [-0.2, -0.15) is 0 Å². The molecule has 3 heteroatoms. The highest BCUT2D eigenvalue weighted by atomic mass is 79.9. The molecule has 0 saturated carbocycles. The Hall–Kier alpha value is -0.0200. The molecule has 0 aliphatic carbocycles. The van der Waals surface area contributed by atoms with Gasteiger partial charge in [0.15, 0.2) is 0 Å². The molecule has 0 fully saturated rings. The lowest BCUT2D eigenvalue weighted by molar-refractivity contribution is 0.535. The normalized spacial score (nSPS) is 11.4. The molecule has 20 heavy (non-hydrogen) atoms. The maximum absolute atomic E-state index is 3.62. The van der Waals surface area contributed by atoms with Crippen molar-refractivity contribution in [2.45, 2.75) is 45.9 Å². The molecule has 0 atom stereocenters. The molecule has 1 nitrogen and oxygen atoms in total. The molecule has 1 rings (SSSR count). The zero-order valence-corrected chi connectivity index (χ0v) is 16.3. The summed E-state index contributed by atoms with van der Waals surface area (Å²) in [4.78, 5) is 2.56. The zero-order valence-electron chi connectivity index (χ0n) is 13.1. The number of hydrogen-bond donors (Lipinski definition) is 0. The molecular formula is C17H27Br2N. The largest absolute Gasteiger partial charge is 0.371 e. The average Bonchev–Trinajstić information content (AvgIpc) is 2.38. The van der Waals surface area contributed by atoms with Crippen LogP contribution in [0.1, 0.15) is 46.1 Å². The lowest BCUT2D eigenvalue weighted by Crippen LogP contribution is -2.28. The molecule has 0 aliphatic rings. The molecular weight excluding hydrogens is 378 g/mol. The van der Waals surface area contributed by atoms with Crippen LogP contribution >= 0.6 is 31.9 Å². The highest BCUT2D eigenvalue weighted by Crippen LogP contribution is 2.27. The van der Waals surface area contributed by atoms with Crippen LogP contribution in [-0.4, -0.2) is 13.1 Å². The Bertz CT molecular complexity index is 390. The van der Waals surface area contributed by atoms with Gasteiger partial charge in [-0.1, -0.05) is 59.6 Å². The summed E-state index contributed by atoms with van der Waals surface area (Å²) in [5.74, 6) is 1.50. The van der Waals surface area contributed by atoms with Crippen LogP contribution in [0.5, 0.6) is 0 Å². The smallest absolute Gasteiger partial charge is 0.0408 e. The molecule has 0 N–H and O–H groups in total. The summed E-state index contributed by atoms with van der Waals surface area (Å²) in [6.45, 7) is 11.5. The lowest BCUT2D eigenvalue weighted by atomic mass is 10.1. The van der Waals surface area contributed by atoms with Crippen molar-refractivity contribution < 1.29 is 0 Å². The fourth-order valence-electron chi connectivity index (χ4n) is 2.15. The van der Waals surface area contributed by atoms with Crippen molar-refractivity contribution in [1.82, 2.24) is 0 Å². The van der Waals surface area contributed by atoms with Gasteiger partial charge in [0.2, 0.25) is 0 Å². The fraction of sp³-hybridized carbons (Fsp3) is 0.647. The van der Waals surface area contributed by atoms with Crippen molar-refractivity contribution >= 4 is 37.5 Å². The van der Waals surface area contributed by atoms with Gasteiger partial charge in [-0.15, -0.1) is 0 Å². The second-order valence-electron chi connectivity index (χ2n) is 6.26. The van der Waals surface area contributed by atoms with E-state index in [4.69, 9.17) is 0 Å². The summed E-state index contributed by atoms with van der Waals surface area (Å²) in [5, 5.41) is 0.904. The van der Waals surface area contributed by atoms with E-state index in [0.29, 0.717) is 0 Å². The van der Waals surface area contributed by atoms with E-state index < -0.39 is 0 Å². The predicted octanol–water partition coefficient (Wildman–Crippen LogP) is 6.24. The average molecular weight is 405 g/mol. The van der Waals surface area contributed by atoms with Crippen LogP contribution in [0.4, 0.5) is 5.69 Å². The molecule has 0 saturated heterocycles. The van der Waals surface area contributed by atoms with Crippen molar-refractivity contribution in [3.05, 3.63) is 28.2 Å². The number of anilines is 1. The summed E-state index contributed by atoms with van der Waals surface area (Å²) in [6, 6.07) is 6.63. The Balaban J connectivity index is 2.89. The summed E-state index contributed by atoms with van der Waals surface area (Å²) in [6.07, 6.45) is 2.49. The first-order valence-corrected chi connectivity index (χ1v) is 9.44. The lowest BCUT2D eigenvalue weighted by Gasteiger charge is -2.28. The van der Waals surface area contributed by atoms with Gasteiger partial charge in [-0.3, -0.25) is 0 Å². The van der Waals surface area contributed by atoms with Crippen LogP contribution in [0.3, 0.4) is 0 Å². The SMILES string of the molecule is CC(C)CCN(CCC(C)C)c1ccc(Br)cc1CBr. The Labute approximate surface area is 141 Å². The van der Waals surface area contributed by atoms with E-state index in [9.17, 15) is 0 Å². The molecule has 0 aliphatic heterocycles. The molecule has 0 unspecified atom stereocenters. The van der Waals surface area contributed by atoms with Crippen LogP contribution in [0, 0.1) is 11.8 Å². The van der Waals surface area contributed by atoms with E-state index in [1.807, 2.05) is 0 Å². The number of alkyl halides is 1. The predicted molar refractivity (Wildman–Crippen MR) is 97.9 cm³/mol. The van der Waals surface area contributed by atoms with E-state index in [1.165, 1.54) is 24.1 Å². The monoisotopic (exact) mass is 403 g/mol. The van der Waals surface area contributed by atoms with Gasteiger partial charge in [0.05, 0.1) is 0 Å². The van der Waals surface area contributed by atoms with Crippen LogP contribution in [0.25, 0.3) is 0 Å². The van der Waals surface area contributed by atoms with Crippen LogP contribution in [0.2, 0.25) is 0 Å². The van der Waals surface area contributed by atoms with Crippen LogP contribution in [-0.2, 0) is 5.33 Å². The second kappa shape index (κ2) is 9.09. The van der Waals surface area contributed by atoms with Gasteiger partial charge in [-0.05, 0) is 48.4 Å². The van der Waals surface area contributed by atoms with Crippen molar-refractivity contribution in [2.24, 2.45) is 11.8 Å². The summed E-state index contributed by atoms with van der Waals surface area (Å²) in [5.41, 5.74) is 2.75. The Morgan fingerprint density at radius 1 is 1.00 bits per heavy atom. The maximum Gasteiger partial charge on any atom is 0.0408 e. The minimum Gasteiger partial charge on any atom is -0.371 e. The summed E-state index contributed by atoms with van der Waals surface area (Å²) in [7, 11) is 0. The molecule has 0 amide bonds. The number of benzene rings is 1. The third-order valence-electron chi connectivity index (χ3n) is 3.48. The molecule has 0 aromatic heterocycles. The van der Waals surface area contributed by atoms with Crippen LogP contribution < -0.4 is 4.90 Å². The van der Waals surface area contributed by atoms with Gasteiger partial charge < -0.3 is 4.90 Å². The van der Waals surface area contributed by atoms with Crippen LogP contribution in [0.15, 0.2) is 22.7 Å². The minimum absolute atomic E-state index is 0.749. The van der Waals surface area contributed by atoms with E-state index in [2.05, 4.69) is 82.7 Å². The third-order valence-corrected chi connectivity index (χ3v) is 4.58. The molecule has 114 valence electrons. The van der Waals surface area contributed by atoms with Gasteiger partial charge in [0.25, 0.3) is 0 Å². The highest BCUT2D eigenvalue weighted by Gasteiger charge is 2.12. The second-order valence-corrected chi connectivity index (χ2v) is 7.74. The number of halogens is 2. The Morgan fingerprint density at radius 2 is 1.55 bits per heavy atom. The minimum atomic E-state index is 0.749. The van der Waals surface area contributed by atoms with E-state index in [1.54, 1.807) is 0 Å². The van der Waals surface area contributed by atoms with Crippen molar-refractivity contribution in [3.63, 3.8) is 0 Å². The molecule has 0 spiro atoms. The maximum atomic E-state index is 3.62. The van der Waals surface area contributed by atoms with Gasteiger partial charge in [0.1, 0.15) is 0 Å². The molecule has 1 aromatic carbocycles. The quantitative estimate of drug-likeness (QED) is 0.463. The van der Waals surface area contributed by atoms with Crippen molar-refractivity contribution in [1.29, 1.82) is 0 Å². The van der Waals surface area contributed by atoms with Crippen molar-refractivity contribution in [3.8, 4) is 0 Å². The zero-order chi connectivity index (χ0) is 15.1. The van der Waals surface area contributed by atoms with E-state index >= 15 is 0 Å². The molecule has 1 aromatic rings. The number of rotatable bonds is 8. The third kappa shape index (κ3) is 6.17. The summed E-state index contributed by atoms with van der Waals surface area (Å²) < 4.78 is 1.16. The molecule has 0 radical (unpaired) electrons. The molecule has 0 heterocycles. The standard InChI is InChI=1S/C17H27Br2N/c1-13(2)7-9-20(10-8-14(3)4)17-6-5-16(19)11-15(17)12-18/h5-6,11,13-14H,7-10,12H2,1-4H3. The summed E-state index contributed by atoms with van der Waals surface area (Å²) >= 11 is 7.19. The van der Waals surface area contributed by atoms with E-state index in [0.717, 1.165) is 34.7 Å². The van der Waals surface area contributed by atoms with Gasteiger partial charge in [-0.25, -0.2) is 0 Å². The Morgan fingerprint density at radius 3 is 2.00 bits per heavy atom. The first-order valence-electron chi connectivity index (χ1n) is 7.53. The van der Waals surface area contributed by atoms with Crippen molar-refractivity contribution in [2.75, 3.05) is 18.0 Å². The topological polar surface area (TPSA) is 3.24 Å². The molecule has 0 bridgehead atoms.